The first-order valence-electron chi connectivity index (χ1n) is 30.8. The molecular formula is C64H113NO10. The lowest BCUT2D eigenvalue weighted by molar-refractivity contribution is -0.305. The molecule has 0 spiro atoms. The lowest BCUT2D eigenvalue weighted by Crippen LogP contribution is -2.61. The molecule has 1 aliphatic heterocycles. The van der Waals surface area contributed by atoms with Gasteiger partial charge in [0.2, 0.25) is 5.91 Å². The number of hydrogen-bond donors (Lipinski definition) is 6. The number of amides is 1. The summed E-state index contributed by atoms with van der Waals surface area (Å²) in [6.45, 7) is 5.62. The Morgan fingerprint density at radius 2 is 0.973 bits per heavy atom. The first-order valence-corrected chi connectivity index (χ1v) is 30.8. The van der Waals surface area contributed by atoms with Gasteiger partial charge in [-0.25, -0.2) is 0 Å². The van der Waals surface area contributed by atoms with Crippen molar-refractivity contribution in [3.63, 3.8) is 0 Å². The molecule has 434 valence electrons. The van der Waals surface area contributed by atoms with Crippen LogP contribution in [0.15, 0.2) is 72.9 Å². The summed E-state index contributed by atoms with van der Waals surface area (Å²) in [6.07, 6.45) is 55.2. The van der Waals surface area contributed by atoms with Crippen molar-refractivity contribution in [1.82, 2.24) is 5.32 Å². The molecule has 8 atom stereocenters. The van der Waals surface area contributed by atoms with Crippen molar-refractivity contribution in [1.29, 1.82) is 0 Å². The van der Waals surface area contributed by atoms with E-state index >= 15 is 0 Å². The SMILES string of the molecule is CC/C=C/C=C/C=C/C=C\CCCCCCC(O)C(=O)NC(COC1OC(CO)C(O)C(O)C1OC(=O)CCCCCCCCCCCCC/C=C/CCCCCCCC)C(O)/C=C/CCCCCCCCCCC. The Kier molecular flexibility index (Phi) is 48.5. The zero-order valence-electron chi connectivity index (χ0n) is 47.9. The number of aliphatic hydroxyl groups excluding tert-OH is 5. The Morgan fingerprint density at radius 3 is 1.48 bits per heavy atom. The number of unbranched alkanes of at least 4 members (excludes halogenated alkanes) is 30. The Bertz CT molecular complexity index is 1490. The second kappa shape index (κ2) is 51.8. The number of carbonyl (C=O) groups is 2. The topological polar surface area (TPSA) is 175 Å². The third kappa shape index (κ3) is 40.0. The molecule has 0 aromatic rings. The lowest BCUT2D eigenvalue weighted by Gasteiger charge is -2.41. The van der Waals surface area contributed by atoms with E-state index in [4.69, 9.17) is 14.2 Å². The Balaban J connectivity index is 2.65. The molecule has 1 heterocycles. The molecule has 1 fully saturated rings. The number of aliphatic hydroxyl groups is 5. The summed E-state index contributed by atoms with van der Waals surface area (Å²) in [7, 11) is 0. The number of nitrogens with one attached hydrogen (secondary N) is 1. The van der Waals surface area contributed by atoms with Crippen LogP contribution in [0.25, 0.3) is 0 Å². The van der Waals surface area contributed by atoms with E-state index < -0.39 is 67.4 Å². The average Bonchev–Trinajstić information content (AvgIpc) is 3.41. The minimum absolute atomic E-state index is 0.118. The van der Waals surface area contributed by atoms with Crippen LogP contribution in [0.2, 0.25) is 0 Å². The van der Waals surface area contributed by atoms with Crippen molar-refractivity contribution in [3.05, 3.63) is 72.9 Å². The zero-order chi connectivity index (χ0) is 54.7. The van der Waals surface area contributed by atoms with Crippen molar-refractivity contribution in [3.8, 4) is 0 Å². The molecule has 1 rings (SSSR count). The van der Waals surface area contributed by atoms with E-state index in [1.165, 1.54) is 135 Å². The van der Waals surface area contributed by atoms with E-state index in [0.717, 1.165) is 77.0 Å². The molecule has 75 heavy (non-hydrogen) atoms. The number of carbonyl (C=O) groups excluding carboxylic acids is 2. The molecule has 8 unspecified atom stereocenters. The van der Waals surface area contributed by atoms with Crippen LogP contribution in [0.5, 0.6) is 0 Å². The summed E-state index contributed by atoms with van der Waals surface area (Å²) in [4.78, 5) is 26.5. The van der Waals surface area contributed by atoms with Gasteiger partial charge in [-0.1, -0.05) is 254 Å². The molecule has 0 aromatic carbocycles. The van der Waals surface area contributed by atoms with Crippen molar-refractivity contribution >= 4 is 11.9 Å². The summed E-state index contributed by atoms with van der Waals surface area (Å²) >= 11 is 0. The van der Waals surface area contributed by atoms with Gasteiger partial charge in [-0.2, -0.15) is 0 Å². The highest BCUT2D eigenvalue weighted by Crippen LogP contribution is 2.26. The number of hydrogen-bond acceptors (Lipinski definition) is 10. The van der Waals surface area contributed by atoms with Crippen LogP contribution in [0.3, 0.4) is 0 Å². The van der Waals surface area contributed by atoms with E-state index in [1.807, 2.05) is 42.5 Å². The first-order chi connectivity index (χ1) is 36.7. The summed E-state index contributed by atoms with van der Waals surface area (Å²) in [6, 6.07) is -1.04. The maximum absolute atomic E-state index is 13.4. The highest BCUT2D eigenvalue weighted by Gasteiger charge is 2.47. The molecule has 0 aromatic heterocycles. The Hall–Kier alpha value is -2.90. The van der Waals surface area contributed by atoms with Gasteiger partial charge in [0.05, 0.1) is 25.4 Å². The highest BCUT2D eigenvalue weighted by molar-refractivity contribution is 5.80. The molecule has 1 amide bonds. The fraction of sp³-hybridized carbons (Fsp3) is 0.781. The third-order valence-electron chi connectivity index (χ3n) is 14.2. The summed E-state index contributed by atoms with van der Waals surface area (Å²) in [5.41, 5.74) is 0. The monoisotopic (exact) mass is 1060 g/mol. The minimum Gasteiger partial charge on any atom is -0.454 e. The van der Waals surface area contributed by atoms with Gasteiger partial charge in [-0.05, 0) is 70.6 Å². The molecule has 11 heteroatoms. The van der Waals surface area contributed by atoms with Gasteiger partial charge in [0, 0.05) is 6.42 Å². The molecule has 0 bridgehead atoms. The van der Waals surface area contributed by atoms with Gasteiger partial charge in [0.15, 0.2) is 12.4 Å². The van der Waals surface area contributed by atoms with Gasteiger partial charge >= 0.3 is 5.97 Å². The largest absolute Gasteiger partial charge is 0.454 e. The van der Waals surface area contributed by atoms with E-state index in [2.05, 4.69) is 50.4 Å². The molecule has 0 saturated carbocycles. The predicted octanol–water partition coefficient (Wildman–Crippen LogP) is 14.4. The fourth-order valence-electron chi connectivity index (χ4n) is 9.30. The highest BCUT2D eigenvalue weighted by atomic mass is 16.7. The number of rotatable bonds is 51. The fourth-order valence-corrected chi connectivity index (χ4v) is 9.30. The number of esters is 1. The van der Waals surface area contributed by atoms with Crippen LogP contribution in [-0.4, -0.2) is 99.6 Å². The third-order valence-corrected chi connectivity index (χ3v) is 14.2. The summed E-state index contributed by atoms with van der Waals surface area (Å²) in [5, 5.41) is 56.9. The zero-order valence-corrected chi connectivity index (χ0v) is 47.9. The molecule has 11 nitrogen and oxygen atoms in total. The summed E-state index contributed by atoms with van der Waals surface area (Å²) < 4.78 is 17.6. The van der Waals surface area contributed by atoms with E-state index in [1.54, 1.807) is 6.08 Å². The van der Waals surface area contributed by atoms with Crippen molar-refractivity contribution in [2.45, 2.75) is 307 Å². The maximum atomic E-state index is 13.4. The Morgan fingerprint density at radius 1 is 0.533 bits per heavy atom. The van der Waals surface area contributed by atoms with E-state index in [0.29, 0.717) is 12.8 Å². The van der Waals surface area contributed by atoms with Crippen LogP contribution in [-0.2, 0) is 23.8 Å². The van der Waals surface area contributed by atoms with Gasteiger partial charge in [-0.3, -0.25) is 9.59 Å². The van der Waals surface area contributed by atoms with Crippen LogP contribution in [0.1, 0.15) is 258 Å². The molecule has 6 N–H and O–H groups in total. The first kappa shape index (κ1) is 70.1. The van der Waals surface area contributed by atoms with Crippen molar-refractivity contribution in [2.75, 3.05) is 13.2 Å². The average molecular weight is 1060 g/mol. The second-order valence-corrected chi connectivity index (χ2v) is 21.1. The second-order valence-electron chi connectivity index (χ2n) is 21.1. The van der Waals surface area contributed by atoms with Crippen LogP contribution < -0.4 is 5.32 Å². The van der Waals surface area contributed by atoms with Crippen molar-refractivity contribution in [2.24, 2.45) is 0 Å². The molecular weight excluding hydrogens is 943 g/mol. The normalized spacial score (nSPS) is 19.7. The van der Waals surface area contributed by atoms with Gasteiger partial charge < -0.3 is 45.1 Å². The van der Waals surface area contributed by atoms with Crippen LogP contribution >= 0.6 is 0 Å². The standard InChI is InChI=1S/C64H113NO10/c1-4-7-10-13-16-19-22-24-26-27-28-29-30-31-32-34-37-40-43-46-49-52-59(69)75-62-61(71)60(70)58(53-66)74-64(62)73-54-55(56(67)50-47-44-41-38-35-21-18-15-12-9-6-3)65-63(72)57(68)51-48-45-42-39-36-33-25-23-20-17-14-11-8-5-2/h8,11,14,17,20,23-26,33,47,50,55-58,60-62,64,66-68,70-71H,4-7,9-10,12-13,15-16,18-19,21-22,27-32,34-46,48-49,51-54H2,1-3H3,(H,65,72)/b11-8+,17-14+,23-20+,26-24+,33-25-,50-47+. The molecule has 1 saturated heterocycles. The van der Waals surface area contributed by atoms with E-state index in [9.17, 15) is 35.1 Å². The van der Waals surface area contributed by atoms with Crippen LogP contribution in [0.4, 0.5) is 0 Å². The summed E-state index contributed by atoms with van der Waals surface area (Å²) in [5.74, 6) is -1.22. The van der Waals surface area contributed by atoms with E-state index in [-0.39, 0.29) is 19.4 Å². The van der Waals surface area contributed by atoms with Gasteiger partial charge in [-0.15, -0.1) is 0 Å². The molecule has 0 radical (unpaired) electrons. The number of allylic oxidation sites excluding steroid dienone is 11. The van der Waals surface area contributed by atoms with Crippen molar-refractivity contribution < 1.29 is 49.3 Å². The Labute approximate surface area is 458 Å². The smallest absolute Gasteiger partial charge is 0.306 e. The van der Waals surface area contributed by atoms with Gasteiger partial charge in [0.1, 0.15) is 24.4 Å². The number of ether oxygens (including phenoxy) is 3. The van der Waals surface area contributed by atoms with Crippen LogP contribution in [0, 0.1) is 0 Å². The van der Waals surface area contributed by atoms with Gasteiger partial charge in [0.25, 0.3) is 0 Å². The maximum Gasteiger partial charge on any atom is 0.306 e. The molecule has 1 aliphatic rings. The predicted molar refractivity (Wildman–Crippen MR) is 310 cm³/mol. The minimum atomic E-state index is -1.62. The lowest BCUT2D eigenvalue weighted by atomic mass is 9.99. The molecule has 0 aliphatic carbocycles. The quantitative estimate of drug-likeness (QED) is 0.0149.